The van der Waals surface area contributed by atoms with Gasteiger partial charge in [-0.3, -0.25) is 9.59 Å². The van der Waals surface area contributed by atoms with Crippen molar-refractivity contribution < 1.29 is 118 Å². The molecule has 6 aliphatic rings. The zero-order valence-corrected chi connectivity index (χ0v) is 34.4. The van der Waals surface area contributed by atoms with Crippen molar-refractivity contribution in [1.82, 2.24) is 0 Å². The van der Waals surface area contributed by atoms with Gasteiger partial charge in [-0.05, 0) is 38.5 Å². The van der Waals surface area contributed by atoms with E-state index in [9.17, 15) is 65.8 Å². The zero-order valence-electron chi connectivity index (χ0n) is 34.4. The number of ether oxygens (including phenoxy) is 10. The van der Waals surface area contributed by atoms with E-state index < -0.39 is 184 Å². The van der Waals surface area contributed by atoms with Crippen LogP contribution in [0.1, 0.15) is 45.4 Å². The van der Waals surface area contributed by atoms with E-state index in [1.54, 1.807) is 0 Å². The summed E-state index contributed by atoms with van der Waals surface area (Å²) in [6.45, 7) is 0.187. The largest absolute Gasteiger partial charge is 0.481 e. The van der Waals surface area contributed by atoms with Crippen LogP contribution in [0.4, 0.5) is 0 Å². The molecule has 24 heteroatoms. The van der Waals surface area contributed by atoms with Crippen LogP contribution >= 0.6 is 0 Å². The molecule has 4 saturated heterocycles. The molecular weight excluding hydrogens is 840 g/mol. The molecule has 358 valence electrons. The Bertz CT molecular complexity index is 1450. The van der Waals surface area contributed by atoms with Crippen LogP contribution in [-0.2, 0) is 57.0 Å². The number of carboxylic acids is 1. The van der Waals surface area contributed by atoms with Crippen LogP contribution in [0.3, 0.4) is 0 Å². The Hall–Kier alpha value is -1.86. The van der Waals surface area contributed by atoms with Crippen molar-refractivity contribution in [3.8, 4) is 0 Å². The highest BCUT2D eigenvalue weighted by Gasteiger charge is 2.55. The van der Waals surface area contributed by atoms with Crippen molar-refractivity contribution in [1.29, 1.82) is 0 Å². The summed E-state index contributed by atoms with van der Waals surface area (Å²) in [6.07, 6.45) is -31.8. The van der Waals surface area contributed by atoms with Crippen molar-refractivity contribution in [2.45, 2.75) is 186 Å². The van der Waals surface area contributed by atoms with Gasteiger partial charge in [-0.25, -0.2) is 0 Å². The van der Waals surface area contributed by atoms with Crippen LogP contribution in [-0.4, -0.2) is 242 Å². The van der Waals surface area contributed by atoms with E-state index in [1.165, 1.54) is 21.1 Å². The number of fused-ring (bicyclic) bond motifs is 1. The van der Waals surface area contributed by atoms with Crippen molar-refractivity contribution in [3.05, 3.63) is 0 Å². The highest BCUT2D eigenvalue weighted by Crippen LogP contribution is 2.45. The summed E-state index contributed by atoms with van der Waals surface area (Å²) >= 11 is 0. The van der Waals surface area contributed by atoms with Gasteiger partial charge in [0.2, 0.25) is 0 Å². The number of carboxylic acid groups (broad SMARTS) is 1. The summed E-state index contributed by atoms with van der Waals surface area (Å²) in [5, 5.41) is 127. The van der Waals surface area contributed by atoms with Gasteiger partial charge in [-0.15, -0.1) is 0 Å². The van der Waals surface area contributed by atoms with Crippen LogP contribution in [0.2, 0.25) is 0 Å². The number of hydrogen-bond acceptors (Lipinski definition) is 23. The van der Waals surface area contributed by atoms with Gasteiger partial charge in [0.1, 0.15) is 86.3 Å². The summed E-state index contributed by atoms with van der Waals surface area (Å²) < 4.78 is 58.3. The number of aliphatic hydroxyl groups excluding tert-OH is 11. The molecule has 0 amide bonds. The number of aliphatic carboxylic acids is 1. The third-order valence-electron chi connectivity index (χ3n) is 13.0. The third kappa shape index (κ3) is 10.9. The molecule has 2 saturated carbocycles. The Kier molecular flexibility index (Phi) is 16.9. The highest BCUT2D eigenvalue weighted by atomic mass is 16.7. The first-order valence-electron chi connectivity index (χ1n) is 20.8. The molecular formula is C38H62O24. The van der Waals surface area contributed by atoms with Crippen molar-refractivity contribution >= 4 is 11.9 Å². The SMILES string of the molecule is COC1CC(C2OC3CC(O)CC(OC4OC(COC(=O)CC(=O)O)C(O)C(O)C4O)C3CC2OC2OC(COC3OC(C)C(O)C(O)C3O)C(O)C(O)C2O)CC(OC)C1O. The van der Waals surface area contributed by atoms with Gasteiger partial charge >= 0.3 is 11.9 Å². The fourth-order valence-corrected chi connectivity index (χ4v) is 9.40. The predicted molar refractivity (Wildman–Crippen MR) is 197 cm³/mol. The number of carbonyl (C=O) groups excluding carboxylic acids is 1. The van der Waals surface area contributed by atoms with Gasteiger partial charge in [0.15, 0.2) is 18.9 Å². The quantitative estimate of drug-likeness (QED) is 0.0570. The lowest BCUT2D eigenvalue weighted by molar-refractivity contribution is -0.352. The summed E-state index contributed by atoms with van der Waals surface area (Å²) in [7, 11) is 2.86. The second kappa shape index (κ2) is 21.2. The Morgan fingerprint density at radius 1 is 0.548 bits per heavy atom. The maximum atomic E-state index is 11.9. The van der Waals surface area contributed by atoms with E-state index >= 15 is 0 Å². The first-order valence-corrected chi connectivity index (χ1v) is 20.8. The van der Waals surface area contributed by atoms with Crippen molar-refractivity contribution in [2.24, 2.45) is 11.8 Å². The molecule has 23 unspecified atom stereocenters. The Labute approximate surface area is 355 Å². The standard InChI is InChI=1S/C38H62O24/c1-12-25(43)29(47)32(50)36(57-12)56-11-22-28(46)31(49)34(52)38(62-22)60-20-8-15-16(58-35(20)13-4-18(53-2)26(44)19(5-13)54-3)6-14(39)7-17(15)59-37-33(51)30(48)27(45)21(61-37)10-55-24(42)9-23(40)41/h12-22,25-39,43-52H,4-11H2,1-3H3,(H,40,41). The minimum atomic E-state index is -1.87. The number of hydrogen-bond donors (Lipinski definition) is 12. The van der Waals surface area contributed by atoms with Crippen molar-refractivity contribution in [2.75, 3.05) is 27.4 Å². The van der Waals surface area contributed by atoms with E-state index in [4.69, 9.17) is 52.5 Å². The fourth-order valence-electron chi connectivity index (χ4n) is 9.40. The minimum Gasteiger partial charge on any atom is -0.481 e. The van der Waals surface area contributed by atoms with Gasteiger partial charge in [-0.2, -0.15) is 0 Å². The lowest BCUT2D eigenvalue weighted by Crippen LogP contribution is -2.64. The molecule has 4 heterocycles. The normalized spacial score (nSPS) is 50.1. The second-order valence-electron chi connectivity index (χ2n) is 17.1. The summed E-state index contributed by atoms with van der Waals surface area (Å²) in [5.41, 5.74) is 0. The molecule has 12 N–H and O–H groups in total. The number of esters is 1. The van der Waals surface area contributed by atoms with Gasteiger partial charge in [0.05, 0.1) is 55.4 Å². The minimum absolute atomic E-state index is 0.0396. The molecule has 0 spiro atoms. The van der Waals surface area contributed by atoms with Crippen LogP contribution in [0.25, 0.3) is 0 Å². The summed E-state index contributed by atoms with van der Waals surface area (Å²) in [4.78, 5) is 22.8. The predicted octanol–water partition coefficient (Wildman–Crippen LogP) is -6.04. The monoisotopic (exact) mass is 902 g/mol. The summed E-state index contributed by atoms with van der Waals surface area (Å²) in [6, 6.07) is 0. The van der Waals surface area contributed by atoms with E-state index in [-0.39, 0.29) is 32.1 Å². The van der Waals surface area contributed by atoms with Gasteiger partial charge in [0.25, 0.3) is 0 Å². The molecule has 6 rings (SSSR count). The lowest BCUT2D eigenvalue weighted by Gasteiger charge is -2.53. The second-order valence-corrected chi connectivity index (χ2v) is 17.1. The molecule has 2 aliphatic carbocycles. The third-order valence-corrected chi connectivity index (χ3v) is 13.0. The van der Waals surface area contributed by atoms with E-state index in [0.29, 0.717) is 0 Å². The molecule has 0 aromatic heterocycles. The Balaban J connectivity index is 1.22. The van der Waals surface area contributed by atoms with E-state index in [0.717, 1.165) is 0 Å². The Morgan fingerprint density at radius 3 is 1.65 bits per heavy atom. The molecule has 4 aliphatic heterocycles. The van der Waals surface area contributed by atoms with Crippen LogP contribution < -0.4 is 0 Å². The zero-order chi connectivity index (χ0) is 45.3. The molecule has 62 heavy (non-hydrogen) atoms. The first-order chi connectivity index (χ1) is 29.3. The van der Waals surface area contributed by atoms with Crippen molar-refractivity contribution in [3.63, 3.8) is 0 Å². The smallest absolute Gasteiger partial charge is 0.317 e. The first kappa shape index (κ1) is 49.6. The number of aliphatic hydroxyl groups is 11. The molecule has 0 bridgehead atoms. The van der Waals surface area contributed by atoms with Crippen LogP contribution in [0.15, 0.2) is 0 Å². The van der Waals surface area contributed by atoms with E-state index in [2.05, 4.69) is 0 Å². The average Bonchev–Trinajstić information content (AvgIpc) is 3.23. The molecule has 0 aromatic carbocycles. The number of carbonyl (C=O) groups is 2. The Morgan fingerprint density at radius 2 is 1.08 bits per heavy atom. The number of methoxy groups -OCH3 is 2. The topological polar surface area (TPSA) is 369 Å². The maximum absolute atomic E-state index is 11.9. The van der Waals surface area contributed by atoms with Gasteiger partial charge < -0.3 is 109 Å². The van der Waals surface area contributed by atoms with Crippen LogP contribution in [0.5, 0.6) is 0 Å². The van der Waals surface area contributed by atoms with Crippen LogP contribution in [0, 0.1) is 11.8 Å². The van der Waals surface area contributed by atoms with E-state index in [1.807, 2.05) is 0 Å². The number of rotatable bonds is 14. The molecule has 24 nitrogen and oxygen atoms in total. The average molecular weight is 903 g/mol. The summed E-state index contributed by atoms with van der Waals surface area (Å²) in [5.74, 6) is -3.74. The molecule has 0 aromatic rings. The molecule has 23 atom stereocenters. The molecule has 0 radical (unpaired) electrons. The van der Waals surface area contributed by atoms with Gasteiger partial charge in [0, 0.05) is 26.6 Å². The lowest BCUT2D eigenvalue weighted by atomic mass is 9.72. The molecule has 6 fully saturated rings. The maximum Gasteiger partial charge on any atom is 0.317 e. The fraction of sp³-hybridized carbons (Fsp3) is 0.947. The van der Waals surface area contributed by atoms with Gasteiger partial charge in [-0.1, -0.05) is 0 Å². The highest BCUT2D eigenvalue weighted by molar-refractivity contribution is 5.90.